The third-order valence-electron chi connectivity index (χ3n) is 3.39. The lowest BCUT2D eigenvalue weighted by atomic mass is 10.1. The lowest BCUT2D eigenvalue weighted by Gasteiger charge is -2.20. The molecule has 0 heterocycles. The van der Waals surface area contributed by atoms with Gasteiger partial charge in [0.15, 0.2) is 0 Å². The molecule has 0 radical (unpaired) electrons. The van der Waals surface area contributed by atoms with E-state index < -0.39 is 15.2 Å². The Balaban J connectivity index is 3.06. The average Bonchev–Trinajstić information content (AvgIpc) is 2.57. The second-order valence-corrected chi connectivity index (χ2v) is 9.46. The Kier molecular flexibility index (Phi) is 10.1. The summed E-state index contributed by atoms with van der Waals surface area (Å²) in [5, 5.41) is 0. The maximum atomic E-state index is 12.8. The summed E-state index contributed by atoms with van der Waals surface area (Å²) in [5.41, 5.74) is 1.45. The Morgan fingerprint density at radius 1 is 0.769 bits per heavy atom. The van der Waals surface area contributed by atoms with Crippen LogP contribution in [-0.4, -0.2) is 33.5 Å². The molecule has 0 amide bonds. The van der Waals surface area contributed by atoms with E-state index in [9.17, 15) is 9.13 Å². The van der Waals surface area contributed by atoms with Crippen LogP contribution >= 0.6 is 15.2 Å². The Hall–Kier alpha value is -0.680. The molecule has 0 fully saturated rings. The molecule has 0 saturated carbocycles. The normalized spacial score (nSPS) is 12.3. The highest BCUT2D eigenvalue weighted by atomic mass is 31.2. The van der Waals surface area contributed by atoms with Crippen molar-refractivity contribution >= 4 is 15.2 Å². The Labute approximate surface area is 156 Å². The minimum absolute atomic E-state index is 0.104. The van der Waals surface area contributed by atoms with Crippen molar-refractivity contribution in [1.29, 1.82) is 0 Å². The van der Waals surface area contributed by atoms with Crippen molar-refractivity contribution in [3.63, 3.8) is 0 Å². The average molecular weight is 408 g/mol. The van der Waals surface area contributed by atoms with Gasteiger partial charge in [-0.1, -0.05) is 12.1 Å². The van der Waals surface area contributed by atoms with E-state index in [0.29, 0.717) is 37.7 Å². The molecule has 0 N–H and O–H groups in total. The highest BCUT2D eigenvalue weighted by molar-refractivity contribution is 7.53. The summed E-state index contributed by atoms with van der Waals surface area (Å²) in [6.07, 6.45) is 0.243. The first-order valence-electron chi connectivity index (χ1n) is 8.77. The summed E-state index contributed by atoms with van der Waals surface area (Å²) in [4.78, 5) is 0. The maximum absolute atomic E-state index is 12.8. The molecule has 0 aliphatic rings. The molecule has 150 valence electrons. The van der Waals surface area contributed by atoms with E-state index in [4.69, 9.17) is 22.8 Å². The van der Waals surface area contributed by atoms with Crippen LogP contribution < -0.4 is 4.74 Å². The van der Waals surface area contributed by atoms with E-state index in [1.54, 1.807) is 45.9 Å². The molecule has 7 nitrogen and oxygen atoms in total. The molecule has 26 heavy (non-hydrogen) atoms. The van der Waals surface area contributed by atoms with Crippen molar-refractivity contribution in [1.82, 2.24) is 0 Å². The summed E-state index contributed by atoms with van der Waals surface area (Å²) in [6, 6.07) is 5.33. The van der Waals surface area contributed by atoms with Gasteiger partial charge in [-0.3, -0.25) is 9.13 Å². The van der Waals surface area contributed by atoms with Gasteiger partial charge in [-0.2, -0.15) is 0 Å². The van der Waals surface area contributed by atoms with Gasteiger partial charge in [-0.05, 0) is 39.3 Å². The second-order valence-electron chi connectivity index (χ2n) is 5.36. The van der Waals surface area contributed by atoms with Crippen molar-refractivity contribution in [2.75, 3.05) is 33.5 Å². The maximum Gasteiger partial charge on any atom is 0.335 e. The van der Waals surface area contributed by atoms with Gasteiger partial charge in [-0.25, -0.2) is 0 Å². The highest BCUT2D eigenvalue weighted by Crippen LogP contribution is 2.54. The fourth-order valence-electron chi connectivity index (χ4n) is 2.49. The van der Waals surface area contributed by atoms with Gasteiger partial charge in [0, 0.05) is 5.56 Å². The minimum atomic E-state index is -3.24. The van der Waals surface area contributed by atoms with E-state index >= 15 is 0 Å². The summed E-state index contributed by atoms with van der Waals surface area (Å²) < 4.78 is 52.2. The highest BCUT2D eigenvalue weighted by Gasteiger charge is 2.28. The van der Waals surface area contributed by atoms with Crippen LogP contribution in [0, 0.1) is 0 Å². The first kappa shape index (κ1) is 23.4. The van der Waals surface area contributed by atoms with Gasteiger partial charge in [0.2, 0.25) is 0 Å². The van der Waals surface area contributed by atoms with Crippen LogP contribution in [0.1, 0.15) is 38.8 Å². The third kappa shape index (κ3) is 7.15. The summed E-state index contributed by atoms with van der Waals surface area (Å²) in [6.45, 7) is 8.28. The van der Waals surface area contributed by atoms with Crippen LogP contribution in [0.15, 0.2) is 18.2 Å². The number of hydrogen-bond donors (Lipinski definition) is 0. The lowest BCUT2D eigenvalue weighted by molar-refractivity contribution is 0.217. The second kappa shape index (κ2) is 11.2. The van der Waals surface area contributed by atoms with Crippen LogP contribution in [0.5, 0.6) is 5.75 Å². The van der Waals surface area contributed by atoms with Gasteiger partial charge >= 0.3 is 15.2 Å². The molecule has 1 rings (SSSR count). The first-order chi connectivity index (χ1) is 12.3. The number of methoxy groups -OCH3 is 1. The quantitative estimate of drug-likeness (QED) is 0.414. The van der Waals surface area contributed by atoms with Crippen molar-refractivity contribution in [3.05, 3.63) is 29.3 Å². The Bertz CT molecular complexity index is 628. The van der Waals surface area contributed by atoms with Gasteiger partial charge in [0.1, 0.15) is 5.75 Å². The number of hydrogen-bond acceptors (Lipinski definition) is 7. The van der Waals surface area contributed by atoms with Gasteiger partial charge in [0.05, 0.1) is 45.9 Å². The monoisotopic (exact) mass is 408 g/mol. The van der Waals surface area contributed by atoms with Crippen LogP contribution in [0.3, 0.4) is 0 Å². The number of ether oxygens (including phenoxy) is 1. The lowest BCUT2D eigenvalue weighted by Crippen LogP contribution is -2.02. The zero-order valence-electron chi connectivity index (χ0n) is 16.2. The molecule has 0 aliphatic heterocycles. The number of rotatable bonds is 13. The molecule has 1 aromatic carbocycles. The minimum Gasteiger partial charge on any atom is -0.496 e. The van der Waals surface area contributed by atoms with E-state index in [-0.39, 0.29) is 12.3 Å². The first-order valence-corrected chi connectivity index (χ1v) is 12.2. The topological polar surface area (TPSA) is 80.3 Å². The fraction of sp³-hybridized carbons (Fsp3) is 0.647. The molecule has 0 atom stereocenters. The fourth-order valence-corrected chi connectivity index (χ4v) is 5.90. The Morgan fingerprint density at radius 3 is 1.65 bits per heavy atom. The van der Waals surface area contributed by atoms with E-state index in [1.165, 1.54) is 7.11 Å². The predicted octanol–water partition coefficient (Wildman–Crippen LogP) is 5.23. The van der Waals surface area contributed by atoms with Gasteiger partial charge in [-0.15, -0.1) is 0 Å². The van der Waals surface area contributed by atoms with Crippen LogP contribution in [0.2, 0.25) is 0 Å². The van der Waals surface area contributed by atoms with Gasteiger partial charge in [0.25, 0.3) is 0 Å². The van der Waals surface area contributed by atoms with Crippen molar-refractivity contribution in [3.8, 4) is 5.75 Å². The molecular weight excluding hydrogens is 378 g/mol. The van der Waals surface area contributed by atoms with Crippen molar-refractivity contribution in [2.45, 2.75) is 40.0 Å². The molecule has 0 aliphatic carbocycles. The summed E-state index contributed by atoms with van der Waals surface area (Å²) in [7, 11) is -4.92. The largest absolute Gasteiger partial charge is 0.496 e. The molecule has 1 aromatic rings. The smallest absolute Gasteiger partial charge is 0.335 e. The molecule has 0 bridgehead atoms. The standard InChI is InChI=1S/C17H30O7P2/c1-6-21-25(18,22-7-2)13-15-10-11-16(17(12-15)20-5)14-26(19,23-8-3)24-9-4/h10-12H,6-9,13-14H2,1-5H3. The Morgan fingerprint density at radius 2 is 1.23 bits per heavy atom. The molecular formula is C17H30O7P2. The van der Waals surface area contributed by atoms with E-state index in [1.807, 2.05) is 0 Å². The van der Waals surface area contributed by atoms with Crippen LogP contribution in [-0.2, 0) is 39.5 Å². The van der Waals surface area contributed by atoms with Crippen LogP contribution in [0.4, 0.5) is 0 Å². The van der Waals surface area contributed by atoms with Crippen molar-refractivity contribution < 1.29 is 32.0 Å². The third-order valence-corrected chi connectivity index (χ3v) is 7.48. The molecule has 0 unspecified atom stereocenters. The van der Waals surface area contributed by atoms with Gasteiger partial charge < -0.3 is 22.8 Å². The van der Waals surface area contributed by atoms with E-state index in [2.05, 4.69) is 0 Å². The van der Waals surface area contributed by atoms with Crippen molar-refractivity contribution in [2.24, 2.45) is 0 Å². The molecule has 0 aromatic heterocycles. The van der Waals surface area contributed by atoms with E-state index in [0.717, 1.165) is 5.56 Å². The zero-order valence-corrected chi connectivity index (χ0v) is 18.0. The molecule has 9 heteroatoms. The summed E-state index contributed by atoms with van der Waals surface area (Å²) >= 11 is 0. The summed E-state index contributed by atoms with van der Waals surface area (Å²) in [5.74, 6) is 0.529. The number of benzene rings is 1. The SMILES string of the molecule is CCOP(=O)(Cc1ccc(CP(=O)(OCC)OCC)c(OC)c1)OCC. The predicted molar refractivity (Wildman–Crippen MR) is 102 cm³/mol. The molecule has 0 saturated heterocycles. The zero-order chi connectivity index (χ0) is 19.6. The van der Waals surface area contributed by atoms with Crippen LogP contribution in [0.25, 0.3) is 0 Å². The molecule has 0 spiro atoms.